The van der Waals surface area contributed by atoms with Gasteiger partial charge in [0.25, 0.3) is 0 Å². The van der Waals surface area contributed by atoms with Gasteiger partial charge < -0.3 is 4.90 Å². The fraction of sp³-hybridized carbons (Fsp3) is 0.565. The van der Waals surface area contributed by atoms with Gasteiger partial charge in [-0.25, -0.2) is 18.7 Å². The number of hydrogen-bond donors (Lipinski definition) is 0. The summed E-state index contributed by atoms with van der Waals surface area (Å²) in [6, 6.07) is 5.81. The predicted octanol–water partition coefficient (Wildman–Crippen LogP) is 4.16. The van der Waals surface area contributed by atoms with Gasteiger partial charge in [0, 0.05) is 43.4 Å². The Bertz CT molecular complexity index is 787. The molecule has 0 radical (unpaired) electrons. The molecule has 1 aromatic heterocycles. The molecule has 0 bridgehead atoms. The van der Waals surface area contributed by atoms with E-state index >= 15 is 0 Å². The van der Waals surface area contributed by atoms with E-state index in [1.807, 2.05) is 12.3 Å². The minimum absolute atomic E-state index is 0.350. The monoisotopic (exact) mass is 400 g/mol. The van der Waals surface area contributed by atoms with Crippen LogP contribution < -0.4 is 0 Å². The lowest BCUT2D eigenvalue weighted by atomic mass is 9.94. The highest BCUT2D eigenvalue weighted by atomic mass is 19.1. The zero-order chi connectivity index (χ0) is 20.1. The summed E-state index contributed by atoms with van der Waals surface area (Å²) < 4.78 is 27.0. The summed E-state index contributed by atoms with van der Waals surface area (Å²) in [5, 5.41) is 0. The van der Waals surface area contributed by atoms with E-state index in [9.17, 15) is 8.78 Å². The predicted molar refractivity (Wildman–Crippen MR) is 110 cm³/mol. The van der Waals surface area contributed by atoms with E-state index in [-0.39, 0.29) is 0 Å². The largest absolute Gasteiger partial charge is 0.303 e. The number of hydrogen-bond acceptors (Lipinski definition) is 4. The van der Waals surface area contributed by atoms with Gasteiger partial charge in [0.05, 0.1) is 0 Å². The highest BCUT2D eigenvalue weighted by Crippen LogP contribution is 2.27. The zero-order valence-electron chi connectivity index (χ0n) is 17.0. The first-order valence-electron chi connectivity index (χ1n) is 10.9. The van der Waals surface area contributed by atoms with E-state index < -0.39 is 11.6 Å². The average molecular weight is 401 g/mol. The molecule has 4 nitrogen and oxygen atoms in total. The smallest absolute Gasteiger partial charge is 0.128 e. The summed E-state index contributed by atoms with van der Waals surface area (Å²) in [6.45, 7) is 5.97. The molecule has 1 aromatic carbocycles. The number of benzene rings is 1. The molecule has 1 atom stereocenters. The van der Waals surface area contributed by atoms with Crippen molar-refractivity contribution < 1.29 is 8.78 Å². The van der Waals surface area contributed by atoms with Gasteiger partial charge >= 0.3 is 0 Å². The van der Waals surface area contributed by atoms with Crippen molar-refractivity contribution in [3.05, 3.63) is 59.2 Å². The normalized spacial score (nSPS) is 21.0. The Morgan fingerprint density at radius 1 is 0.966 bits per heavy atom. The molecule has 2 aliphatic heterocycles. The van der Waals surface area contributed by atoms with Crippen LogP contribution in [0.4, 0.5) is 8.78 Å². The Morgan fingerprint density at radius 2 is 1.72 bits per heavy atom. The van der Waals surface area contributed by atoms with Crippen LogP contribution in [0.3, 0.4) is 0 Å². The standard InChI is InChI=1S/C23H30F2N4/c24-20-13-18(14-21(25)15-20)16-29-12-3-5-19(17-29)22-7-8-26-23(27-22)6-4-11-28-9-1-2-10-28/h7-8,13-15,19H,1-6,9-12,16-17H2. The fourth-order valence-corrected chi connectivity index (χ4v) is 4.63. The molecule has 0 aliphatic carbocycles. The zero-order valence-corrected chi connectivity index (χ0v) is 17.0. The van der Waals surface area contributed by atoms with E-state index in [2.05, 4.69) is 14.8 Å². The van der Waals surface area contributed by atoms with Crippen LogP contribution >= 0.6 is 0 Å². The van der Waals surface area contributed by atoms with Crippen LogP contribution in [0, 0.1) is 11.6 Å². The van der Waals surface area contributed by atoms with Crippen LogP contribution in [-0.2, 0) is 13.0 Å². The SMILES string of the molecule is Fc1cc(F)cc(CN2CCCC(c3ccnc(CCCN4CCCC4)n3)C2)c1. The van der Waals surface area contributed by atoms with E-state index in [4.69, 9.17) is 4.98 Å². The Labute approximate surface area is 172 Å². The molecule has 2 fully saturated rings. The summed E-state index contributed by atoms with van der Waals surface area (Å²) in [5.74, 6) is 0.263. The number of rotatable bonds is 7. The van der Waals surface area contributed by atoms with Crippen LogP contribution in [0.5, 0.6) is 0 Å². The van der Waals surface area contributed by atoms with Crippen LogP contribution in [0.1, 0.15) is 55.1 Å². The highest BCUT2D eigenvalue weighted by molar-refractivity contribution is 5.18. The topological polar surface area (TPSA) is 32.3 Å². The van der Waals surface area contributed by atoms with Gasteiger partial charge in [-0.05, 0) is 82.0 Å². The second kappa shape index (κ2) is 9.72. The molecule has 6 heteroatoms. The van der Waals surface area contributed by atoms with Gasteiger partial charge in [0.15, 0.2) is 0 Å². The second-order valence-electron chi connectivity index (χ2n) is 8.40. The summed E-state index contributed by atoms with van der Waals surface area (Å²) in [7, 11) is 0. The first kappa shape index (κ1) is 20.4. The molecule has 0 saturated carbocycles. The Morgan fingerprint density at radius 3 is 2.52 bits per heavy atom. The Hall–Kier alpha value is -1.92. The second-order valence-corrected chi connectivity index (χ2v) is 8.40. The lowest BCUT2D eigenvalue weighted by molar-refractivity contribution is 0.198. The van der Waals surface area contributed by atoms with Gasteiger partial charge in [-0.2, -0.15) is 0 Å². The fourth-order valence-electron chi connectivity index (χ4n) is 4.63. The van der Waals surface area contributed by atoms with Crippen molar-refractivity contribution in [2.45, 2.75) is 51.0 Å². The van der Waals surface area contributed by atoms with Crippen molar-refractivity contribution >= 4 is 0 Å². The first-order chi connectivity index (χ1) is 14.2. The highest BCUT2D eigenvalue weighted by Gasteiger charge is 2.23. The number of piperidine rings is 1. The maximum atomic E-state index is 13.5. The number of aryl methyl sites for hydroxylation is 1. The number of halogens is 2. The van der Waals surface area contributed by atoms with E-state index in [0.717, 1.165) is 62.9 Å². The summed E-state index contributed by atoms with van der Waals surface area (Å²) in [6.07, 6.45) is 8.72. The maximum Gasteiger partial charge on any atom is 0.128 e. The van der Waals surface area contributed by atoms with Crippen molar-refractivity contribution in [2.75, 3.05) is 32.7 Å². The molecule has 4 rings (SSSR count). The van der Waals surface area contributed by atoms with E-state index in [0.29, 0.717) is 18.0 Å². The minimum atomic E-state index is -0.511. The molecule has 2 aliphatic rings. The Kier molecular flexibility index (Phi) is 6.82. The molecule has 0 amide bonds. The molecular formula is C23H30F2N4. The van der Waals surface area contributed by atoms with Crippen molar-refractivity contribution in [1.82, 2.24) is 19.8 Å². The average Bonchev–Trinajstić information content (AvgIpc) is 3.21. The molecule has 1 unspecified atom stereocenters. The van der Waals surface area contributed by atoms with Crippen LogP contribution in [0.25, 0.3) is 0 Å². The van der Waals surface area contributed by atoms with Crippen LogP contribution in [-0.4, -0.2) is 52.5 Å². The van der Waals surface area contributed by atoms with E-state index in [1.54, 1.807) is 0 Å². The van der Waals surface area contributed by atoms with Gasteiger partial charge in [-0.15, -0.1) is 0 Å². The third-order valence-corrected chi connectivity index (χ3v) is 6.05. The number of nitrogens with zero attached hydrogens (tertiary/aromatic N) is 4. The molecule has 0 N–H and O–H groups in total. The third-order valence-electron chi connectivity index (χ3n) is 6.05. The summed E-state index contributed by atoms with van der Waals surface area (Å²) in [5.41, 5.74) is 1.79. The van der Waals surface area contributed by atoms with E-state index in [1.165, 1.54) is 38.1 Å². The molecular weight excluding hydrogens is 370 g/mol. The van der Waals surface area contributed by atoms with Gasteiger partial charge in [-0.3, -0.25) is 4.90 Å². The molecule has 29 heavy (non-hydrogen) atoms. The molecule has 2 aromatic rings. The quantitative estimate of drug-likeness (QED) is 0.699. The van der Waals surface area contributed by atoms with Gasteiger partial charge in [0.1, 0.15) is 17.5 Å². The van der Waals surface area contributed by atoms with Crippen molar-refractivity contribution in [1.29, 1.82) is 0 Å². The van der Waals surface area contributed by atoms with Gasteiger partial charge in [0.2, 0.25) is 0 Å². The summed E-state index contributed by atoms with van der Waals surface area (Å²) >= 11 is 0. The van der Waals surface area contributed by atoms with Crippen molar-refractivity contribution in [2.24, 2.45) is 0 Å². The van der Waals surface area contributed by atoms with Crippen LogP contribution in [0.15, 0.2) is 30.5 Å². The third kappa shape index (κ3) is 5.80. The number of likely N-dealkylation sites (tertiary alicyclic amines) is 2. The molecule has 0 spiro atoms. The van der Waals surface area contributed by atoms with Crippen molar-refractivity contribution in [3.8, 4) is 0 Å². The minimum Gasteiger partial charge on any atom is -0.303 e. The Balaban J connectivity index is 1.33. The first-order valence-corrected chi connectivity index (χ1v) is 10.9. The summed E-state index contributed by atoms with van der Waals surface area (Å²) in [4.78, 5) is 14.1. The molecule has 3 heterocycles. The van der Waals surface area contributed by atoms with Crippen molar-refractivity contribution in [3.63, 3.8) is 0 Å². The van der Waals surface area contributed by atoms with Crippen LogP contribution in [0.2, 0.25) is 0 Å². The number of aromatic nitrogens is 2. The molecule has 2 saturated heterocycles. The van der Waals surface area contributed by atoms with Gasteiger partial charge in [-0.1, -0.05) is 0 Å². The molecule has 156 valence electrons. The lowest BCUT2D eigenvalue weighted by Gasteiger charge is -2.32. The maximum absolute atomic E-state index is 13.5. The lowest BCUT2D eigenvalue weighted by Crippen LogP contribution is -2.34.